The first-order valence-electron chi connectivity index (χ1n) is 6.09. The fraction of sp³-hybridized carbons (Fsp3) is 0.667. The van der Waals surface area contributed by atoms with Gasteiger partial charge in [-0.2, -0.15) is 4.98 Å². The highest BCUT2D eigenvalue weighted by atomic mass is 16.6. The molecule has 0 saturated carbocycles. The van der Waals surface area contributed by atoms with Gasteiger partial charge in [0.1, 0.15) is 18.1 Å². The number of ether oxygens (including phenoxy) is 3. The lowest BCUT2D eigenvalue weighted by atomic mass is 10.2. The third-order valence-corrected chi connectivity index (χ3v) is 3.30. The number of hydrogen-bond donors (Lipinski definition) is 1. The predicted molar refractivity (Wildman–Crippen MR) is 68.8 cm³/mol. The van der Waals surface area contributed by atoms with Crippen molar-refractivity contribution in [2.75, 3.05) is 26.6 Å². The number of methoxy groups -OCH3 is 2. The second-order valence-electron chi connectivity index (χ2n) is 4.59. The molecule has 1 aromatic rings. The van der Waals surface area contributed by atoms with Crippen molar-refractivity contribution in [1.29, 1.82) is 0 Å². The van der Waals surface area contributed by atoms with E-state index in [1.165, 1.54) is 4.57 Å². The molecule has 0 amide bonds. The maximum Gasteiger partial charge on any atom is 0.351 e. The Kier molecular flexibility index (Phi) is 4.18. The van der Waals surface area contributed by atoms with Crippen LogP contribution in [0, 0.1) is 6.92 Å². The van der Waals surface area contributed by atoms with E-state index in [1.54, 1.807) is 27.3 Å². The summed E-state index contributed by atoms with van der Waals surface area (Å²) in [7, 11) is 3.22. The summed E-state index contributed by atoms with van der Waals surface area (Å²) in [6, 6.07) is 0. The lowest BCUT2D eigenvalue weighted by Crippen LogP contribution is -2.29. The van der Waals surface area contributed by atoms with Gasteiger partial charge in [0.15, 0.2) is 0 Å². The third-order valence-electron chi connectivity index (χ3n) is 3.30. The molecule has 19 heavy (non-hydrogen) atoms. The average molecular weight is 269 g/mol. The highest BCUT2D eigenvalue weighted by molar-refractivity contribution is 5.35. The summed E-state index contributed by atoms with van der Waals surface area (Å²) in [4.78, 5) is 15.6. The number of nitrogens with two attached hydrogens (primary N) is 1. The third kappa shape index (κ3) is 2.78. The zero-order chi connectivity index (χ0) is 14.0. The number of rotatable bonds is 4. The highest BCUT2D eigenvalue weighted by Gasteiger charge is 2.36. The molecule has 3 atom stereocenters. The quantitative estimate of drug-likeness (QED) is 0.833. The van der Waals surface area contributed by atoms with Crippen LogP contribution in [-0.4, -0.2) is 42.6 Å². The molecule has 1 fully saturated rings. The minimum Gasteiger partial charge on any atom is -0.383 e. The molecule has 2 rings (SSSR count). The van der Waals surface area contributed by atoms with Crippen LogP contribution < -0.4 is 11.4 Å². The first kappa shape index (κ1) is 14.0. The lowest BCUT2D eigenvalue weighted by molar-refractivity contribution is -0.0618. The Hall–Kier alpha value is -1.44. The van der Waals surface area contributed by atoms with Crippen LogP contribution in [0.15, 0.2) is 11.0 Å². The summed E-state index contributed by atoms with van der Waals surface area (Å²) >= 11 is 0. The summed E-state index contributed by atoms with van der Waals surface area (Å²) in [5.74, 6) is 0.246. The van der Waals surface area contributed by atoms with Crippen LogP contribution in [-0.2, 0) is 14.2 Å². The first-order chi connectivity index (χ1) is 9.06. The molecule has 0 spiro atoms. The number of nitrogen functional groups attached to an aromatic ring is 1. The average Bonchev–Trinajstić information content (AvgIpc) is 2.77. The molecule has 1 saturated heterocycles. The van der Waals surface area contributed by atoms with Gasteiger partial charge in [0, 0.05) is 32.4 Å². The van der Waals surface area contributed by atoms with E-state index in [0.29, 0.717) is 13.0 Å². The Balaban J connectivity index is 2.24. The number of nitrogens with zero attached hydrogens (tertiary/aromatic N) is 2. The van der Waals surface area contributed by atoms with Crippen molar-refractivity contribution in [3.63, 3.8) is 0 Å². The van der Waals surface area contributed by atoms with Gasteiger partial charge < -0.3 is 19.9 Å². The fourth-order valence-corrected chi connectivity index (χ4v) is 2.22. The van der Waals surface area contributed by atoms with Crippen LogP contribution in [0.1, 0.15) is 18.2 Å². The van der Waals surface area contributed by atoms with Gasteiger partial charge in [-0.3, -0.25) is 4.57 Å². The zero-order valence-electron chi connectivity index (χ0n) is 11.3. The number of aryl methyl sites for hydroxylation is 1. The Bertz CT molecular complexity index is 502. The van der Waals surface area contributed by atoms with E-state index in [1.807, 2.05) is 0 Å². The predicted octanol–water partition coefficient (Wildman–Crippen LogP) is 0.0828. The summed E-state index contributed by atoms with van der Waals surface area (Å²) in [6.07, 6.45) is 1.55. The van der Waals surface area contributed by atoms with E-state index in [-0.39, 0.29) is 18.0 Å². The van der Waals surface area contributed by atoms with Gasteiger partial charge >= 0.3 is 5.69 Å². The Morgan fingerprint density at radius 2 is 2.32 bits per heavy atom. The van der Waals surface area contributed by atoms with E-state index in [2.05, 4.69) is 4.98 Å². The largest absolute Gasteiger partial charge is 0.383 e. The monoisotopic (exact) mass is 269 g/mol. The molecule has 7 nitrogen and oxygen atoms in total. The molecule has 1 unspecified atom stereocenters. The molecule has 106 valence electrons. The minimum atomic E-state index is -0.416. The normalized spacial score (nSPS) is 26.8. The van der Waals surface area contributed by atoms with Crippen molar-refractivity contribution < 1.29 is 14.2 Å². The summed E-state index contributed by atoms with van der Waals surface area (Å²) < 4.78 is 17.7. The topological polar surface area (TPSA) is 88.6 Å². The van der Waals surface area contributed by atoms with Crippen molar-refractivity contribution in [2.45, 2.75) is 31.8 Å². The van der Waals surface area contributed by atoms with E-state index < -0.39 is 11.9 Å². The molecule has 1 aromatic heterocycles. The van der Waals surface area contributed by atoms with E-state index in [4.69, 9.17) is 19.9 Å². The summed E-state index contributed by atoms with van der Waals surface area (Å²) in [5, 5.41) is 0. The van der Waals surface area contributed by atoms with Crippen LogP contribution in [0.3, 0.4) is 0 Å². The molecular formula is C12H19N3O4. The van der Waals surface area contributed by atoms with E-state index in [9.17, 15) is 4.79 Å². The lowest BCUT2D eigenvalue weighted by Gasteiger charge is -2.16. The van der Waals surface area contributed by atoms with Crippen LogP contribution in [0.5, 0.6) is 0 Å². The van der Waals surface area contributed by atoms with Gasteiger partial charge in [0.2, 0.25) is 0 Å². The van der Waals surface area contributed by atoms with Gasteiger partial charge in [-0.1, -0.05) is 0 Å². The van der Waals surface area contributed by atoms with Gasteiger partial charge in [-0.05, 0) is 6.92 Å². The molecular weight excluding hydrogens is 250 g/mol. The Morgan fingerprint density at radius 1 is 1.58 bits per heavy atom. The van der Waals surface area contributed by atoms with Crippen molar-refractivity contribution in [3.05, 3.63) is 22.2 Å². The molecule has 0 aromatic carbocycles. The van der Waals surface area contributed by atoms with Gasteiger partial charge in [0.05, 0.1) is 12.7 Å². The van der Waals surface area contributed by atoms with Crippen LogP contribution in [0.25, 0.3) is 0 Å². The van der Waals surface area contributed by atoms with Gasteiger partial charge in [0.25, 0.3) is 0 Å². The Labute approximate surface area is 111 Å². The van der Waals surface area contributed by atoms with Crippen molar-refractivity contribution in [1.82, 2.24) is 9.55 Å². The first-order valence-corrected chi connectivity index (χ1v) is 6.09. The van der Waals surface area contributed by atoms with Crippen molar-refractivity contribution in [3.8, 4) is 0 Å². The number of aromatic nitrogens is 2. The van der Waals surface area contributed by atoms with Crippen molar-refractivity contribution >= 4 is 5.82 Å². The van der Waals surface area contributed by atoms with Crippen molar-refractivity contribution in [2.24, 2.45) is 0 Å². The second kappa shape index (κ2) is 5.68. The SMILES string of the molecule is COC[C@H]1O[C@@H](n2cc(C)c(N)nc2=O)CC1OC. The molecule has 7 heteroatoms. The van der Waals surface area contributed by atoms with Gasteiger partial charge in [-0.15, -0.1) is 0 Å². The fourth-order valence-electron chi connectivity index (χ4n) is 2.22. The zero-order valence-corrected chi connectivity index (χ0v) is 11.3. The highest BCUT2D eigenvalue weighted by Crippen LogP contribution is 2.29. The summed E-state index contributed by atoms with van der Waals surface area (Å²) in [6.45, 7) is 2.22. The molecule has 0 bridgehead atoms. The molecule has 0 radical (unpaired) electrons. The van der Waals surface area contributed by atoms with E-state index in [0.717, 1.165) is 5.56 Å². The molecule has 1 aliphatic rings. The summed E-state index contributed by atoms with van der Waals surface area (Å²) in [5.41, 5.74) is 5.93. The van der Waals surface area contributed by atoms with Crippen LogP contribution >= 0.6 is 0 Å². The maximum absolute atomic E-state index is 11.9. The number of anilines is 1. The van der Waals surface area contributed by atoms with Crippen LogP contribution in [0.2, 0.25) is 0 Å². The van der Waals surface area contributed by atoms with Gasteiger partial charge in [-0.25, -0.2) is 4.79 Å². The molecule has 2 heterocycles. The smallest absolute Gasteiger partial charge is 0.351 e. The minimum absolute atomic E-state index is 0.102. The van der Waals surface area contributed by atoms with E-state index >= 15 is 0 Å². The molecule has 2 N–H and O–H groups in total. The molecule has 1 aliphatic heterocycles. The van der Waals surface area contributed by atoms with Crippen LogP contribution in [0.4, 0.5) is 5.82 Å². The molecule has 0 aliphatic carbocycles. The Morgan fingerprint density at radius 3 is 2.95 bits per heavy atom. The standard InChI is InChI=1S/C12H19N3O4/c1-7-5-15(12(16)14-11(7)13)10-4-8(18-3)9(19-10)6-17-2/h5,8-10H,4,6H2,1-3H3,(H2,13,14,16)/t8?,9-,10-/m1/s1. The number of hydrogen-bond acceptors (Lipinski definition) is 6. The maximum atomic E-state index is 11.9. The second-order valence-corrected chi connectivity index (χ2v) is 4.59.